The molecule has 1 atom stereocenters. The first-order valence-electron chi connectivity index (χ1n) is 6.81. The minimum absolute atomic E-state index is 0.263. The van der Waals surface area contributed by atoms with Gasteiger partial charge in [0.25, 0.3) is 0 Å². The minimum atomic E-state index is 0.263. The van der Waals surface area contributed by atoms with Gasteiger partial charge in [0.2, 0.25) is 0 Å². The van der Waals surface area contributed by atoms with Gasteiger partial charge in [-0.05, 0) is 25.0 Å². The first kappa shape index (κ1) is 12.4. The van der Waals surface area contributed by atoms with Crippen molar-refractivity contribution in [2.75, 3.05) is 19.7 Å². The van der Waals surface area contributed by atoms with E-state index in [0.717, 1.165) is 49.4 Å². The lowest BCUT2D eigenvalue weighted by atomic mass is 10.2. The number of fused-ring (bicyclic) bond motifs is 1. The molecule has 0 aliphatic carbocycles. The fourth-order valence-electron chi connectivity index (χ4n) is 2.44. The van der Waals surface area contributed by atoms with Gasteiger partial charge in [-0.3, -0.25) is 0 Å². The fourth-order valence-corrected chi connectivity index (χ4v) is 2.44. The molecule has 1 aromatic heterocycles. The SMILES string of the molecule is Oc1ccc2nc(CCNCC3CCCO3)[nH]c2c1. The van der Waals surface area contributed by atoms with Crippen molar-refractivity contribution >= 4 is 11.0 Å². The number of rotatable bonds is 5. The number of hydrogen-bond donors (Lipinski definition) is 3. The molecule has 3 rings (SSSR count). The number of nitrogens with one attached hydrogen (secondary N) is 2. The molecule has 2 heterocycles. The van der Waals surface area contributed by atoms with Gasteiger partial charge in [-0.2, -0.15) is 0 Å². The molecule has 1 fully saturated rings. The van der Waals surface area contributed by atoms with Gasteiger partial charge in [-0.15, -0.1) is 0 Å². The topological polar surface area (TPSA) is 70.2 Å². The Kier molecular flexibility index (Phi) is 3.66. The number of aromatic nitrogens is 2. The number of benzene rings is 1. The van der Waals surface area contributed by atoms with Crippen molar-refractivity contribution in [1.29, 1.82) is 0 Å². The number of imidazole rings is 1. The van der Waals surface area contributed by atoms with E-state index >= 15 is 0 Å². The summed E-state index contributed by atoms with van der Waals surface area (Å²) in [5.41, 5.74) is 1.78. The maximum Gasteiger partial charge on any atom is 0.117 e. The molecule has 1 aliphatic heterocycles. The van der Waals surface area contributed by atoms with Crippen molar-refractivity contribution in [1.82, 2.24) is 15.3 Å². The molecule has 1 unspecified atom stereocenters. The summed E-state index contributed by atoms with van der Waals surface area (Å²) in [6, 6.07) is 5.18. The molecular weight excluding hydrogens is 242 g/mol. The van der Waals surface area contributed by atoms with Crippen LogP contribution in [0, 0.1) is 0 Å². The number of phenolic OH excluding ortho intramolecular Hbond substituents is 1. The summed E-state index contributed by atoms with van der Waals surface area (Å²) in [4.78, 5) is 7.71. The molecule has 5 heteroatoms. The summed E-state index contributed by atoms with van der Waals surface area (Å²) in [5, 5.41) is 12.8. The van der Waals surface area contributed by atoms with E-state index in [4.69, 9.17) is 4.74 Å². The zero-order chi connectivity index (χ0) is 13.1. The molecule has 19 heavy (non-hydrogen) atoms. The zero-order valence-electron chi connectivity index (χ0n) is 10.9. The number of ether oxygens (including phenoxy) is 1. The molecule has 0 spiro atoms. The second-order valence-corrected chi connectivity index (χ2v) is 4.97. The average molecular weight is 261 g/mol. The largest absolute Gasteiger partial charge is 0.508 e. The van der Waals surface area contributed by atoms with E-state index in [1.54, 1.807) is 12.1 Å². The third kappa shape index (κ3) is 3.05. The van der Waals surface area contributed by atoms with Crippen LogP contribution in [0.15, 0.2) is 18.2 Å². The van der Waals surface area contributed by atoms with Crippen LogP contribution in [0.25, 0.3) is 11.0 Å². The van der Waals surface area contributed by atoms with E-state index in [2.05, 4.69) is 15.3 Å². The van der Waals surface area contributed by atoms with E-state index in [9.17, 15) is 5.11 Å². The predicted octanol–water partition coefficient (Wildman–Crippen LogP) is 1.58. The monoisotopic (exact) mass is 261 g/mol. The van der Waals surface area contributed by atoms with Gasteiger partial charge < -0.3 is 20.1 Å². The Hall–Kier alpha value is -1.59. The molecule has 1 aliphatic rings. The van der Waals surface area contributed by atoms with Crippen molar-refractivity contribution < 1.29 is 9.84 Å². The van der Waals surface area contributed by atoms with Gasteiger partial charge in [0.15, 0.2) is 0 Å². The Morgan fingerprint density at radius 2 is 2.42 bits per heavy atom. The molecule has 1 saturated heterocycles. The van der Waals surface area contributed by atoms with E-state index in [0.29, 0.717) is 6.10 Å². The zero-order valence-corrected chi connectivity index (χ0v) is 10.9. The minimum Gasteiger partial charge on any atom is -0.508 e. The number of phenols is 1. The summed E-state index contributed by atoms with van der Waals surface area (Å²) in [6.07, 6.45) is 3.58. The average Bonchev–Trinajstić information content (AvgIpc) is 3.02. The first-order valence-corrected chi connectivity index (χ1v) is 6.81. The second-order valence-electron chi connectivity index (χ2n) is 4.97. The molecule has 1 aromatic carbocycles. The van der Waals surface area contributed by atoms with Gasteiger partial charge in [0.05, 0.1) is 17.1 Å². The normalized spacial score (nSPS) is 19.3. The maximum absolute atomic E-state index is 9.40. The van der Waals surface area contributed by atoms with Gasteiger partial charge >= 0.3 is 0 Å². The molecule has 2 aromatic rings. The van der Waals surface area contributed by atoms with Crippen LogP contribution in [0.4, 0.5) is 0 Å². The molecule has 3 N–H and O–H groups in total. The highest BCUT2D eigenvalue weighted by molar-refractivity contribution is 5.76. The Morgan fingerprint density at radius 1 is 1.47 bits per heavy atom. The fraction of sp³-hybridized carbons (Fsp3) is 0.500. The lowest BCUT2D eigenvalue weighted by Crippen LogP contribution is -2.28. The molecular formula is C14H19N3O2. The molecule has 5 nitrogen and oxygen atoms in total. The molecule has 0 amide bonds. The van der Waals surface area contributed by atoms with Crippen molar-refractivity contribution in [3.63, 3.8) is 0 Å². The van der Waals surface area contributed by atoms with Crippen LogP contribution in [0.1, 0.15) is 18.7 Å². The lowest BCUT2D eigenvalue weighted by Gasteiger charge is -2.09. The van der Waals surface area contributed by atoms with Crippen LogP contribution in [0.5, 0.6) is 5.75 Å². The van der Waals surface area contributed by atoms with Crippen LogP contribution in [0.2, 0.25) is 0 Å². The first-order chi connectivity index (χ1) is 9.31. The van der Waals surface area contributed by atoms with E-state index in [1.165, 1.54) is 6.42 Å². The summed E-state index contributed by atoms with van der Waals surface area (Å²) < 4.78 is 5.55. The Balaban J connectivity index is 1.50. The quantitative estimate of drug-likeness (QED) is 0.715. The summed E-state index contributed by atoms with van der Waals surface area (Å²) in [6.45, 7) is 2.70. The molecule has 0 radical (unpaired) electrons. The third-order valence-corrected chi connectivity index (χ3v) is 3.45. The summed E-state index contributed by atoms with van der Waals surface area (Å²) in [5.74, 6) is 1.21. The lowest BCUT2D eigenvalue weighted by molar-refractivity contribution is 0.110. The van der Waals surface area contributed by atoms with E-state index in [-0.39, 0.29) is 5.75 Å². The Labute approximate surface area is 112 Å². The van der Waals surface area contributed by atoms with Gasteiger partial charge in [-0.25, -0.2) is 4.98 Å². The molecule has 102 valence electrons. The Morgan fingerprint density at radius 3 is 3.26 bits per heavy atom. The van der Waals surface area contributed by atoms with Crippen LogP contribution in [0.3, 0.4) is 0 Å². The van der Waals surface area contributed by atoms with Crippen molar-refractivity contribution in [3.8, 4) is 5.75 Å². The van der Waals surface area contributed by atoms with Gasteiger partial charge in [-0.1, -0.05) is 0 Å². The van der Waals surface area contributed by atoms with Crippen LogP contribution < -0.4 is 5.32 Å². The number of aromatic amines is 1. The van der Waals surface area contributed by atoms with Crippen LogP contribution in [-0.4, -0.2) is 40.9 Å². The molecule has 0 bridgehead atoms. The number of aromatic hydroxyl groups is 1. The number of nitrogens with zero attached hydrogens (tertiary/aromatic N) is 1. The third-order valence-electron chi connectivity index (χ3n) is 3.45. The highest BCUT2D eigenvalue weighted by atomic mass is 16.5. The predicted molar refractivity (Wildman–Crippen MR) is 73.3 cm³/mol. The van der Waals surface area contributed by atoms with Gasteiger partial charge in [0, 0.05) is 32.2 Å². The highest BCUT2D eigenvalue weighted by Crippen LogP contribution is 2.17. The number of hydrogen-bond acceptors (Lipinski definition) is 4. The second kappa shape index (κ2) is 5.59. The highest BCUT2D eigenvalue weighted by Gasteiger charge is 2.14. The maximum atomic E-state index is 9.40. The molecule has 0 saturated carbocycles. The van der Waals surface area contributed by atoms with Crippen LogP contribution >= 0.6 is 0 Å². The summed E-state index contributed by atoms with van der Waals surface area (Å²) >= 11 is 0. The van der Waals surface area contributed by atoms with Crippen molar-refractivity contribution in [2.24, 2.45) is 0 Å². The van der Waals surface area contributed by atoms with Crippen LogP contribution in [-0.2, 0) is 11.2 Å². The van der Waals surface area contributed by atoms with E-state index < -0.39 is 0 Å². The number of H-pyrrole nitrogens is 1. The smallest absolute Gasteiger partial charge is 0.117 e. The van der Waals surface area contributed by atoms with Crippen molar-refractivity contribution in [3.05, 3.63) is 24.0 Å². The van der Waals surface area contributed by atoms with Crippen molar-refractivity contribution in [2.45, 2.75) is 25.4 Å². The Bertz CT molecular complexity index is 547. The van der Waals surface area contributed by atoms with Gasteiger partial charge in [0.1, 0.15) is 11.6 Å². The van der Waals surface area contributed by atoms with E-state index in [1.807, 2.05) is 6.07 Å². The standard InChI is InChI=1S/C14H19N3O2/c18-10-3-4-12-13(8-10)17-14(16-12)5-6-15-9-11-2-1-7-19-11/h3-4,8,11,15,18H,1-2,5-7,9H2,(H,16,17). The summed E-state index contributed by atoms with van der Waals surface area (Å²) in [7, 11) is 0.